The minimum Gasteiger partial charge on any atom is -0.362 e. The zero-order valence-electron chi connectivity index (χ0n) is 19.3. The van der Waals surface area contributed by atoms with Gasteiger partial charge in [0.25, 0.3) is 5.91 Å². The number of likely N-dealkylation sites (N-methyl/N-ethyl adjacent to an activating group) is 1. The molecule has 3 N–H and O–H groups in total. The second-order valence-electron chi connectivity index (χ2n) is 8.58. The molecule has 2 heterocycles. The van der Waals surface area contributed by atoms with Crippen LogP contribution < -0.4 is 10.4 Å². The molecule has 1 fully saturated rings. The summed E-state index contributed by atoms with van der Waals surface area (Å²) in [5.41, 5.74) is 3.04. The van der Waals surface area contributed by atoms with Crippen LogP contribution in [-0.4, -0.2) is 93.1 Å². The van der Waals surface area contributed by atoms with Gasteiger partial charge in [0.15, 0.2) is 0 Å². The molecule has 1 aromatic heterocycles. The van der Waals surface area contributed by atoms with Crippen LogP contribution in [0, 0.1) is 0 Å². The third-order valence-corrected chi connectivity index (χ3v) is 8.75. The van der Waals surface area contributed by atoms with Crippen molar-refractivity contribution in [3.05, 3.63) is 60.4 Å². The molecule has 1 aliphatic rings. The van der Waals surface area contributed by atoms with Crippen molar-refractivity contribution in [2.45, 2.75) is 10.9 Å². The number of aliphatic hydroxyl groups is 1. The maximum absolute atomic E-state index is 11.6. The van der Waals surface area contributed by atoms with E-state index >= 15 is 0 Å². The van der Waals surface area contributed by atoms with E-state index in [4.69, 9.17) is 5.21 Å². The molecule has 2 aromatic carbocycles. The van der Waals surface area contributed by atoms with E-state index in [9.17, 15) is 9.90 Å². The van der Waals surface area contributed by atoms with Gasteiger partial charge in [0, 0.05) is 43.5 Å². The van der Waals surface area contributed by atoms with E-state index in [2.05, 4.69) is 60.3 Å². The van der Waals surface area contributed by atoms with E-state index in [0.29, 0.717) is 25.6 Å². The molecule has 10 heteroatoms. The van der Waals surface area contributed by atoms with Gasteiger partial charge in [-0.05, 0) is 37.0 Å². The van der Waals surface area contributed by atoms with Crippen molar-refractivity contribution >= 4 is 43.4 Å². The number of carbonyl (C=O) groups is 1. The lowest BCUT2D eigenvalue weighted by Crippen LogP contribution is -2.55. The van der Waals surface area contributed by atoms with Crippen LogP contribution in [0.1, 0.15) is 10.4 Å². The number of anilines is 1. The normalized spacial score (nSPS) is 18.6. The van der Waals surface area contributed by atoms with Crippen LogP contribution in [0.5, 0.6) is 0 Å². The molecular weight excluding hydrogens is 452 g/mol. The second-order valence-corrected chi connectivity index (χ2v) is 11.2. The predicted molar refractivity (Wildman–Crippen MR) is 138 cm³/mol. The third-order valence-electron chi connectivity index (χ3n) is 6.01. The summed E-state index contributed by atoms with van der Waals surface area (Å²) in [6.45, 7) is 2.69. The van der Waals surface area contributed by atoms with Crippen molar-refractivity contribution in [1.82, 2.24) is 24.7 Å². The third kappa shape index (κ3) is 4.77. The van der Waals surface area contributed by atoms with Crippen molar-refractivity contribution in [1.29, 1.82) is 0 Å². The Kier molecular flexibility index (Phi) is 7.15. The number of nitrogens with zero attached hydrogens (tertiary/aromatic N) is 5. The van der Waals surface area contributed by atoms with Crippen LogP contribution in [0.4, 0.5) is 5.95 Å². The van der Waals surface area contributed by atoms with E-state index in [0.717, 1.165) is 22.2 Å². The van der Waals surface area contributed by atoms with Gasteiger partial charge < -0.3 is 14.9 Å². The summed E-state index contributed by atoms with van der Waals surface area (Å²) in [7, 11) is 2.01. The Morgan fingerprint density at radius 1 is 1.21 bits per heavy atom. The lowest BCUT2D eigenvalue weighted by molar-refractivity contribution is 0.0705. The SMILES string of the molecule is C=S(=CO)(c1ccc2ccccc2c1)N1CCN(c2ncc(C(=O)NO)cn2)CC1CN(C)C. The molecule has 180 valence electrons. The van der Waals surface area contributed by atoms with E-state index in [1.165, 1.54) is 17.9 Å². The monoisotopic (exact) mass is 482 g/mol. The number of piperazine rings is 1. The number of hydrogen-bond donors (Lipinski definition) is 3. The minimum atomic E-state index is -2.03. The second kappa shape index (κ2) is 10.1. The van der Waals surface area contributed by atoms with Gasteiger partial charge in [-0.25, -0.2) is 19.8 Å². The summed E-state index contributed by atoms with van der Waals surface area (Å²) in [4.78, 5) is 25.4. The fourth-order valence-electron chi connectivity index (χ4n) is 4.33. The lowest BCUT2D eigenvalue weighted by Gasteiger charge is -2.46. The van der Waals surface area contributed by atoms with Crippen molar-refractivity contribution in [2.24, 2.45) is 0 Å². The van der Waals surface area contributed by atoms with Crippen molar-refractivity contribution in [3.63, 3.8) is 0 Å². The molecule has 3 aromatic rings. The summed E-state index contributed by atoms with van der Waals surface area (Å²) < 4.78 is 2.31. The summed E-state index contributed by atoms with van der Waals surface area (Å²) in [5.74, 6) is 4.42. The Morgan fingerprint density at radius 2 is 1.91 bits per heavy atom. The van der Waals surface area contributed by atoms with Gasteiger partial charge in [-0.2, -0.15) is 0 Å². The molecule has 4 rings (SSSR count). The van der Waals surface area contributed by atoms with Crippen LogP contribution in [0.2, 0.25) is 0 Å². The van der Waals surface area contributed by atoms with Gasteiger partial charge >= 0.3 is 0 Å². The number of amides is 1. The first kappa shape index (κ1) is 24.1. The molecule has 2 unspecified atom stereocenters. The first-order valence-electron chi connectivity index (χ1n) is 10.9. The van der Waals surface area contributed by atoms with Crippen molar-refractivity contribution in [2.75, 3.05) is 45.2 Å². The lowest BCUT2D eigenvalue weighted by atomic mass is 10.1. The van der Waals surface area contributed by atoms with Gasteiger partial charge in [0.2, 0.25) is 5.95 Å². The topological polar surface area (TPSA) is 105 Å². The van der Waals surface area contributed by atoms with Gasteiger partial charge in [-0.3, -0.25) is 10.0 Å². The molecule has 0 radical (unpaired) electrons. The molecule has 0 bridgehead atoms. The van der Waals surface area contributed by atoms with Crippen LogP contribution >= 0.6 is 9.39 Å². The van der Waals surface area contributed by atoms with Gasteiger partial charge in [0.1, 0.15) is 0 Å². The maximum atomic E-state index is 11.6. The standard InChI is InChI=1S/C24H30N6O3S/c1-28(2)15-21-16-29(24-25-13-20(14-26-24)23(32)27-33)10-11-30(21)34(3,17-31)22-9-8-18-6-4-5-7-19(18)12-22/h4-9,12-14,17,21,31,33H,3,10-11,15-16H2,1-2H3,(H,27,32). The average Bonchev–Trinajstić information content (AvgIpc) is 2.87. The highest BCUT2D eigenvalue weighted by atomic mass is 32.2. The molecule has 0 aliphatic carbocycles. The fourth-order valence-corrected chi connectivity index (χ4v) is 6.55. The Labute approximate surface area is 199 Å². The van der Waals surface area contributed by atoms with Crippen LogP contribution in [0.25, 0.3) is 10.8 Å². The largest absolute Gasteiger partial charge is 0.362 e. The Morgan fingerprint density at radius 3 is 2.56 bits per heavy atom. The zero-order valence-corrected chi connectivity index (χ0v) is 20.1. The van der Waals surface area contributed by atoms with Gasteiger partial charge in [-0.1, -0.05) is 36.2 Å². The molecule has 1 saturated heterocycles. The van der Waals surface area contributed by atoms with E-state index in [1.807, 2.05) is 26.2 Å². The molecule has 0 spiro atoms. The quantitative estimate of drug-likeness (QED) is 0.279. The number of fused-ring (bicyclic) bond motifs is 1. The molecule has 9 nitrogen and oxygen atoms in total. The number of carbonyl (C=O) groups excluding carboxylic acids is 1. The number of nitrogens with one attached hydrogen (secondary N) is 1. The maximum Gasteiger partial charge on any atom is 0.277 e. The summed E-state index contributed by atoms with van der Waals surface area (Å²) in [5, 5.41) is 21.6. The van der Waals surface area contributed by atoms with E-state index in [1.54, 1.807) is 5.48 Å². The molecule has 0 saturated carbocycles. The van der Waals surface area contributed by atoms with Crippen molar-refractivity contribution in [3.8, 4) is 0 Å². The molecular formula is C24H30N6O3S. The van der Waals surface area contributed by atoms with Gasteiger partial charge in [0.05, 0.1) is 17.2 Å². The minimum absolute atomic E-state index is 0.0511. The van der Waals surface area contributed by atoms with Crippen LogP contribution in [0.3, 0.4) is 0 Å². The molecule has 1 amide bonds. The highest BCUT2D eigenvalue weighted by Gasteiger charge is 2.32. The smallest absolute Gasteiger partial charge is 0.277 e. The highest BCUT2D eigenvalue weighted by molar-refractivity contribution is 8.26. The molecule has 2 atom stereocenters. The summed E-state index contributed by atoms with van der Waals surface area (Å²) in [6, 6.07) is 14.5. The van der Waals surface area contributed by atoms with Crippen LogP contribution in [-0.2, 0) is 0 Å². The number of rotatable bonds is 6. The molecule has 34 heavy (non-hydrogen) atoms. The van der Waals surface area contributed by atoms with E-state index in [-0.39, 0.29) is 11.6 Å². The summed E-state index contributed by atoms with van der Waals surface area (Å²) in [6.07, 6.45) is 2.80. The Bertz CT molecular complexity index is 1290. The van der Waals surface area contributed by atoms with Crippen molar-refractivity contribution < 1.29 is 15.1 Å². The predicted octanol–water partition coefficient (Wildman–Crippen LogP) is 2.33. The molecule has 1 aliphatic heterocycles. The first-order valence-corrected chi connectivity index (χ1v) is 12.7. The summed E-state index contributed by atoms with van der Waals surface area (Å²) >= 11 is 0. The first-order chi connectivity index (χ1) is 16.4. The van der Waals surface area contributed by atoms with Gasteiger partial charge in [-0.15, -0.1) is 9.39 Å². The number of hydroxylamine groups is 1. The van der Waals surface area contributed by atoms with E-state index < -0.39 is 15.3 Å². The Hall–Kier alpha value is -3.02. The highest BCUT2D eigenvalue weighted by Crippen LogP contribution is 2.41. The number of benzene rings is 2. The zero-order chi connectivity index (χ0) is 24.3. The average molecular weight is 483 g/mol. The number of hydrogen-bond acceptors (Lipinski definition) is 7. The van der Waals surface area contributed by atoms with Crippen LogP contribution in [0.15, 0.2) is 59.8 Å². The number of aliphatic hydroxyl groups excluding tert-OH is 1. The Balaban J connectivity index is 1.64. The number of aromatic nitrogens is 2. The fraction of sp³-hybridized carbons (Fsp3) is 0.292.